The molecule has 1 aliphatic heterocycles. The van der Waals surface area contributed by atoms with Gasteiger partial charge >= 0.3 is 5.97 Å². The number of carbonyl (C=O) groups excluding carboxylic acids is 1. The van der Waals surface area contributed by atoms with Gasteiger partial charge in [0.25, 0.3) is 0 Å². The van der Waals surface area contributed by atoms with Gasteiger partial charge in [-0.3, -0.25) is 9.59 Å². The summed E-state index contributed by atoms with van der Waals surface area (Å²) >= 11 is 0. The van der Waals surface area contributed by atoms with Crippen molar-refractivity contribution in [1.82, 2.24) is 4.90 Å². The fourth-order valence-corrected chi connectivity index (χ4v) is 2.96. The number of hydrogen-bond donors (Lipinski definition) is 2. The highest BCUT2D eigenvalue weighted by atomic mass is 16.4. The Morgan fingerprint density at radius 2 is 1.95 bits per heavy atom. The first-order valence-electron chi connectivity index (χ1n) is 7.27. The third kappa shape index (κ3) is 3.08. The molecule has 0 aliphatic carbocycles. The number of nitrogens with zero attached hydrogens (tertiary/aromatic N) is 1. The van der Waals surface area contributed by atoms with Gasteiger partial charge in [0.15, 0.2) is 0 Å². The Bertz CT molecular complexity index is 518. The van der Waals surface area contributed by atoms with Gasteiger partial charge in [-0.05, 0) is 18.9 Å². The van der Waals surface area contributed by atoms with Crippen molar-refractivity contribution >= 4 is 11.9 Å². The van der Waals surface area contributed by atoms with Gasteiger partial charge in [0.2, 0.25) is 5.91 Å². The van der Waals surface area contributed by atoms with Gasteiger partial charge < -0.3 is 15.7 Å². The van der Waals surface area contributed by atoms with Crippen LogP contribution in [-0.2, 0) is 9.59 Å². The van der Waals surface area contributed by atoms with Crippen LogP contribution in [0.2, 0.25) is 0 Å². The van der Waals surface area contributed by atoms with Crippen molar-refractivity contribution in [2.75, 3.05) is 6.54 Å². The molecule has 0 bridgehead atoms. The van der Waals surface area contributed by atoms with Crippen LogP contribution in [0, 0.1) is 11.8 Å². The predicted molar refractivity (Wildman–Crippen MR) is 79.5 cm³/mol. The number of carbonyl (C=O) groups is 2. The van der Waals surface area contributed by atoms with E-state index in [2.05, 4.69) is 0 Å². The summed E-state index contributed by atoms with van der Waals surface area (Å²) in [6.45, 7) is 4.09. The fraction of sp³-hybridized carbons (Fsp3) is 0.500. The summed E-state index contributed by atoms with van der Waals surface area (Å²) in [5.41, 5.74) is 7.10. The lowest BCUT2D eigenvalue weighted by Gasteiger charge is -2.29. The molecule has 114 valence electrons. The van der Waals surface area contributed by atoms with Crippen LogP contribution in [0.3, 0.4) is 0 Å². The number of aliphatic carboxylic acids is 1. The van der Waals surface area contributed by atoms with Crippen molar-refractivity contribution in [2.45, 2.75) is 32.4 Å². The second-order valence-electron chi connectivity index (χ2n) is 5.73. The number of nitrogens with two attached hydrogens (primary N) is 1. The molecule has 1 aromatic rings. The molecule has 5 heteroatoms. The number of carboxylic acids is 1. The van der Waals surface area contributed by atoms with Crippen LogP contribution >= 0.6 is 0 Å². The maximum absolute atomic E-state index is 12.6. The van der Waals surface area contributed by atoms with E-state index in [0.29, 0.717) is 13.0 Å². The maximum atomic E-state index is 12.6. The quantitative estimate of drug-likeness (QED) is 0.883. The molecule has 1 fully saturated rings. The fourth-order valence-electron chi connectivity index (χ4n) is 2.96. The van der Waals surface area contributed by atoms with E-state index >= 15 is 0 Å². The number of rotatable bonds is 4. The minimum atomic E-state index is -0.835. The molecule has 2 rings (SSSR count). The molecule has 1 aromatic carbocycles. The molecule has 0 saturated carbocycles. The number of amides is 1. The van der Waals surface area contributed by atoms with Crippen molar-refractivity contribution in [3.63, 3.8) is 0 Å². The normalized spacial score (nSPS) is 24.6. The molecule has 4 unspecified atom stereocenters. The summed E-state index contributed by atoms with van der Waals surface area (Å²) in [5, 5.41) is 9.15. The molecule has 5 nitrogen and oxygen atoms in total. The molecule has 1 amide bonds. The van der Waals surface area contributed by atoms with Crippen molar-refractivity contribution in [1.29, 1.82) is 0 Å². The summed E-state index contributed by atoms with van der Waals surface area (Å²) in [5.74, 6) is -1.75. The molecule has 0 radical (unpaired) electrons. The second-order valence-corrected chi connectivity index (χ2v) is 5.73. The standard InChI is InChI=1S/C16H22N2O3/c1-10(14(17)12-6-4-3-5-7-12)15(19)18-9-8-13(11(18)2)16(20)21/h3-7,10-11,13-14H,8-9,17H2,1-2H3,(H,20,21). The smallest absolute Gasteiger partial charge is 0.308 e. The average Bonchev–Trinajstić information content (AvgIpc) is 2.87. The topological polar surface area (TPSA) is 83.6 Å². The van der Waals surface area contributed by atoms with Crippen LogP contribution in [0.5, 0.6) is 0 Å². The van der Waals surface area contributed by atoms with Crippen LogP contribution in [-0.4, -0.2) is 34.5 Å². The summed E-state index contributed by atoms with van der Waals surface area (Å²) in [6.07, 6.45) is 0.509. The third-order valence-corrected chi connectivity index (χ3v) is 4.47. The van der Waals surface area contributed by atoms with Crippen molar-refractivity contribution < 1.29 is 14.7 Å². The van der Waals surface area contributed by atoms with Gasteiger partial charge in [-0.15, -0.1) is 0 Å². The Hall–Kier alpha value is -1.88. The zero-order valence-corrected chi connectivity index (χ0v) is 12.4. The number of benzene rings is 1. The molecule has 0 aromatic heterocycles. The highest BCUT2D eigenvalue weighted by Crippen LogP contribution is 2.29. The molecular weight excluding hydrogens is 268 g/mol. The van der Waals surface area contributed by atoms with Gasteiger partial charge in [0.05, 0.1) is 11.8 Å². The minimum absolute atomic E-state index is 0.0670. The number of carboxylic acid groups (broad SMARTS) is 1. The maximum Gasteiger partial charge on any atom is 0.308 e. The highest BCUT2D eigenvalue weighted by Gasteiger charge is 2.40. The highest BCUT2D eigenvalue weighted by molar-refractivity contribution is 5.82. The van der Waals surface area contributed by atoms with Crippen LogP contribution in [0.1, 0.15) is 31.9 Å². The molecule has 4 atom stereocenters. The van der Waals surface area contributed by atoms with Gasteiger partial charge in [-0.1, -0.05) is 37.3 Å². The van der Waals surface area contributed by atoms with E-state index in [4.69, 9.17) is 10.8 Å². The average molecular weight is 290 g/mol. The summed E-state index contributed by atoms with van der Waals surface area (Å²) in [6, 6.07) is 8.85. The van der Waals surface area contributed by atoms with Crippen molar-refractivity contribution in [3.8, 4) is 0 Å². The predicted octanol–water partition coefficient (Wildman–Crippen LogP) is 1.64. The third-order valence-electron chi connectivity index (χ3n) is 4.47. The minimum Gasteiger partial charge on any atom is -0.481 e. The van der Waals surface area contributed by atoms with Crippen LogP contribution in [0.15, 0.2) is 30.3 Å². The molecule has 1 aliphatic rings. The van der Waals surface area contributed by atoms with Crippen LogP contribution < -0.4 is 5.73 Å². The van der Waals surface area contributed by atoms with E-state index in [9.17, 15) is 9.59 Å². The van der Waals surface area contributed by atoms with E-state index in [1.807, 2.05) is 30.3 Å². The summed E-state index contributed by atoms with van der Waals surface area (Å²) in [7, 11) is 0. The first-order chi connectivity index (χ1) is 9.93. The van der Waals surface area contributed by atoms with Gasteiger partial charge in [0.1, 0.15) is 0 Å². The zero-order chi connectivity index (χ0) is 15.6. The Morgan fingerprint density at radius 1 is 1.33 bits per heavy atom. The van der Waals surface area contributed by atoms with E-state index < -0.39 is 11.9 Å². The first-order valence-corrected chi connectivity index (χ1v) is 7.27. The van der Waals surface area contributed by atoms with Crippen LogP contribution in [0.4, 0.5) is 0 Å². The Balaban J connectivity index is 2.08. The molecule has 3 N–H and O–H groups in total. The van der Waals surface area contributed by atoms with E-state index in [1.165, 1.54) is 0 Å². The monoisotopic (exact) mass is 290 g/mol. The lowest BCUT2D eigenvalue weighted by Crippen LogP contribution is -2.43. The molecular formula is C16H22N2O3. The molecule has 0 spiro atoms. The van der Waals surface area contributed by atoms with Gasteiger partial charge in [-0.2, -0.15) is 0 Å². The largest absolute Gasteiger partial charge is 0.481 e. The second kappa shape index (κ2) is 6.26. The Kier molecular flexibility index (Phi) is 4.63. The Morgan fingerprint density at radius 3 is 2.48 bits per heavy atom. The lowest BCUT2D eigenvalue weighted by atomic mass is 9.93. The number of likely N-dealkylation sites (tertiary alicyclic amines) is 1. The van der Waals surface area contributed by atoms with E-state index in [0.717, 1.165) is 5.56 Å². The SMILES string of the molecule is CC(C(=O)N1CCC(C(=O)O)C1C)C(N)c1ccccc1. The van der Waals surface area contributed by atoms with Crippen molar-refractivity contribution in [3.05, 3.63) is 35.9 Å². The molecule has 1 heterocycles. The molecule has 1 saturated heterocycles. The van der Waals surface area contributed by atoms with Gasteiger partial charge in [-0.25, -0.2) is 0 Å². The molecule has 21 heavy (non-hydrogen) atoms. The van der Waals surface area contributed by atoms with E-state index in [-0.39, 0.29) is 23.9 Å². The summed E-state index contributed by atoms with van der Waals surface area (Å²) < 4.78 is 0. The number of hydrogen-bond acceptors (Lipinski definition) is 3. The Labute approximate surface area is 124 Å². The first kappa shape index (κ1) is 15.5. The summed E-state index contributed by atoms with van der Waals surface area (Å²) in [4.78, 5) is 25.4. The van der Waals surface area contributed by atoms with Gasteiger partial charge in [0, 0.05) is 18.6 Å². The van der Waals surface area contributed by atoms with Crippen LogP contribution in [0.25, 0.3) is 0 Å². The van der Waals surface area contributed by atoms with Crippen molar-refractivity contribution in [2.24, 2.45) is 17.6 Å². The lowest BCUT2D eigenvalue weighted by molar-refractivity contribution is -0.143. The zero-order valence-electron chi connectivity index (χ0n) is 12.4. The van der Waals surface area contributed by atoms with E-state index in [1.54, 1.807) is 18.7 Å².